The first-order valence-electron chi connectivity index (χ1n) is 14.4. The van der Waals surface area contributed by atoms with Crippen LogP contribution in [0.5, 0.6) is 5.75 Å². The van der Waals surface area contributed by atoms with Crippen LogP contribution in [0.3, 0.4) is 0 Å². The van der Waals surface area contributed by atoms with Crippen LogP contribution >= 0.6 is 0 Å². The lowest BCUT2D eigenvalue weighted by atomic mass is 10.1. The highest BCUT2D eigenvalue weighted by Crippen LogP contribution is 2.27. The summed E-state index contributed by atoms with van der Waals surface area (Å²) in [7, 11) is 0. The highest BCUT2D eigenvalue weighted by molar-refractivity contribution is 6.52. The van der Waals surface area contributed by atoms with Gasteiger partial charge in [0.15, 0.2) is 0 Å². The molecular formula is C36H33N3O4. The molecule has 3 aromatic carbocycles. The number of imide groups is 1. The van der Waals surface area contributed by atoms with E-state index in [0.717, 1.165) is 29.7 Å². The fourth-order valence-electron chi connectivity index (χ4n) is 4.95. The Kier molecular flexibility index (Phi) is 9.22. The summed E-state index contributed by atoms with van der Waals surface area (Å²) in [5.74, 6) is -1.55. The first-order valence-corrected chi connectivity index (χ1v) is 14.4. The van der Waals surface area contributed by atoms with Gasteiger partial charge in [-0.1, -0.05) is 73.2 Å². The number of Topliss-reactive ketones (excluding diaryl/α,β-unsaturated/α-hetero) is 1. The molecule has 0 aliphatic carbocycles. The Hall–Kier alpha value is -5.30. The molecule has 0 radical (unpaired) electrons. The van der Waals surface area contributed by atoms with Crippen LogP contribution < -0.4 is 9.64 Å². The third-order valence-electron chi connectivity index (χ3n) is 7.13. The van der Waals surface area contributed by atoms with E-state index in [-0.39, 0.29) is 17.0 Å². The summed E-state index contributed by atoms with van der Waals surface area (Å²) in [5.41, 5.74) is 3.25. The maximum Gasteiger partial charge on any atom is 0.427 e. The smallest absolute Gasteiger partial charge is 0.410 e. The molecule has 7 heteroatoms. The van der Waals surface area contributed by atoms with E-state index in [0.29, 0.717) is 22.8 Å². The van der Waals surface area contributed by atoms with Crippen molar-refractivity contribution < 1.29 is 19.1 Å². The van der Waals surface area contributed by atoms with Crippen LogP contribution in [0.4, 0.5) is 10.5 Å². The zero-order chi connectivity index (χ0) is 30.2. The fourth-order valence-corrected chi connectivity index (χ4v) is 4.95. The first kappa shape index (κ1) is 29.2. The quantitative estimate of drug-likeness (QED) is 0.0957. The van der Waals surface area contributed by atoms with E-state index >= 15 is 0 Å². The van der Waals surface area contributed by atoms with Gasteiger partial charge in [-0.2, -0.15) is 0 Å². The van der Waals surface area contributed by atoms with Crippen LogP contribution in [0.2, 0.25) is 0 Å². The number of ether oxygens (including phenoxy) is 1. The van der Waals surface area contributed by atoms with Crippen molar-refractivity contribution in [1.29, 1.82) is 0 Å². The van der Waals surface area contributed by atoms with E-state index in [1.165, 1.54) is 5.57 Å². The fraction of sp³-hybridized carbons (Fsp3) is 0.167. The van der Waals surface area contributed by atoms with E-state index in [2.05, 4.69) is 37.1 Å². The number of allylic oxidation sites excluding steroid dienone is 4. The molecule has 0 N–H and O–H groups in total. The molecule has 0 unspecified atom stereocenters. The number of aromatic nitrogens is 2. The number of aryl methyl sites for hydroxylation is 1. The largest absolute Gasteiger partial charge is 0.427 e. The lowest BCUT2D eigenvalue weighted by Crippen LogP contribution is -2.43. The van der Waals surface area contributed by atoms with Crippen LogP contribution in [0, 0.1) is 0 Å². The van der Waals surface area contributed by atoms with Crippen LogP contribution in [0.1, 0.15) is 43.5 Å². The molecule has 0 saturated heterocycles. The molecule has 0 aliphatic heterocycles. The molecule has 2 aromatic heterocycles. The van der Waals surface area contributed by atoms with Crippen molar-refractivity contribution in [3.63, 3.8) is 0 Å². The third kappa shape index (κ3) is 6.79. The number of hydrogen-bond acceptors (Lipinski definition) is 5. The van der Waals surface area contributed by atoms with Gasteiger partial charge in [-0.15, -0.1) is 0 Å². The maximum atomic E-state index is 13.9. The minimum absolute atomic E-state index is 0.211. The highest BCUT2D eigenvalue weighted by Gasteiger charge is 2.33. The number of amides is 2. The molecule has 0 spiro atoms. The topological polar surface area (TPSA) is 81.5 Å². The maximum absolute atomic E-state index is 13.9. The molecule has 7 nitrogen and oxygen atoms in total. The predicted molar refractivity (Wildman–Crippen MR) is 170 cm³/mol. The van der Waals surface area contributed by atoms with Gasteiger partial charge >= 0.3 is 12.0 Å². The predicted octanol–water partition coefficient (Wildman–Crippen LogP) is 8.30. The number of nitrogens with zero attached hydrogens (tertiary/aromatic N) is 3. The molecule has 2 amide bonds. The molecule has 2 heterocycles. The van der Waals surface area contributed by atoms with Gasteiger partial charge in [-0.25, -0.2) is 9.69 Å². The van der Waals surface area contributed by atoms with Crippen LogP contribution in [-0.4, -0.2) is 27.3 Å². The number of benzene rings is 3. The van der Waals surface area contributed by atoms with Gasteiger partial charge in [0.05, 0.1) is 16.8 Å². The normalized spacial score (nSPS) is 11.7. The van der Waals surface area contributed by atoms with Crippen molar-refractivity contribution in [2.75, 3.05) is 4.90 Å². The summed E-state index contributed by atoms with van der Waals surface area (Å²) in [5, 5.41) is 1.36. The number of hydrogen-bond donors (Lipinski definition) is 0. The van der Waals surface area contributed by atoms with E-state index in [1.807, 2.05) is 34.9 Å². The van der Waals surface area contributed by atoms with Gasteiger partial charge in [0.1, 0.15) is 5.75 Å². The highest BCUT2D eigenvalue weighted by atomic mass is 16.6. The number of carbonyl (C=O) groups excluding carboxylic acids is 3. The van der Waals surface area contributed by atoms with Crippen molar-refractivity contribution in [2.45, 2.75) is 39.7 Å². The Morgan fingerprint density at radius 3 is 2.56 bits per heavy atom. The SMILES string of the molecule is CC/C=C\C=C(/C)CCCn1cc(C(=O)C(=O)N(C(=O)Oc2ccccc2)c2ccc3ncccc3c2)c2ccccc21. The molecule has 43 heavy (non-hydrogen) atoms. The van der Waals surface area contributed by atoms with Crippen LogP contribution in [0.15, 0.2) is 121 Å². The molecule has 216 valence electrons. The lowest BCUT2D eigenvalue weighted by Gasteiger charge is -2.20. The van der Waals surface area contributed by atoms with Crippen molar-refractivity contribution in [3.05, 3.63) is 127 Å². The zero-order valence-corrected chi connectivity index (χ0v) is 24.3. The zero-order valence-electron chi connectivity index (χ0n) is 24.3. The standard InChI is InChI=1S/C36H33N3O4/c1-3-4-6-13-26(2)14-12-23-38-25-31(30-18-9-10-19-33(30)38)34(40)35(41)39(36(42)43-29-16-7-5-8-17-29)28-20-21-32-27(24-28)15-11-22-37-32/h4-11,13,15-22,24-25H,3,12,14,23H2,1-2H3/b6-4-,26-13+. The van der Waals surface area contributed by atoms with Gasteiger partial charge in [-0.3, -0.25) is 14.6 Å². The number of rotatable bonds is 10. The Bertz CT molecular complexity index is 1840. The second kappa shape index (κ2) is 13.6. The first-order chi connectivity index (χ1) is 21.0. The van der Waals surface area contributed by atoms with Gasteiger partial charge < -0.3 is 9.30 Å². The van der Waals surface area contributed by atoms with Crippen LogP contribution in [-0.2, 0) is 11.3 Å². The summed E-state index contributed by atoms with van der Waals surface area (Å²) < 4.78 is 7.54. The Morgan fingerprint density at radius 2 is 1.74 bits per heavy atom. The van der Waals surface area contributed by atoms with E-state index in [1.54, 1.807) is 67.0 Å². The van der Waals surface area contributed by atoms with Crippen molar-refractivity contribution in [1.82, 2.24) is 9.55 Å². The van der Waals surface area contributed by atoms with Gasteiger partial charge in [0, 0.05) is 35.2 Å². The molecule has 0 fully saturated rings. The molecule has 0 bridgehead atoms. The minimum Gasteiger partial charge on any atom is -0.410 e. The third-order valence-corrected chi connectivity index (χ3v) is 7.13. The summed E-state index contributed by atoms with van der Waals surface area (Å²) in [6.07, 6.45) is 11.5. The second-order valence-electron chi connectivity index (χ2n) is 10.2. The van der Waals surface area contributed by atoms with Crippen LogP contribution in [0.25, 0.3) is 21.8 Å². The number of para-hydroxylation sites is 2. The molecule has 0 atom stereocenters. The molecule has 5 aromatic rings. The van der Waals surface area contributed by atoms with E-state index < -0.39 is 17.8 Å². The average Bonchev–Trinajstić information content (AvgIpc) is 3.40. The minimum atomic E-state index is -1.01. The summed E-state index contributed by atoms with van der Waals surface area (Å²) >= 11 is 0. The monoisotopic (exact) mass is 571 g/mol. The number of ketones is 1. The molecular weight excluding hydrogens is 538 g/mol. The Morgan fingerprint density at radius 1 is 0.953 bits per heavy atom. The van der Waals surface area contributed by atoms with Crippen molar-refractivity contribution >= 4 is 45.3 Å². The van der Waals surface area contributed by atoms with Gasteiger partial charge in [0.25, 0.3) is 5.78 Å². The molecule has 0 aliphatic rings. The lowest BCUT2D eigenvalue weighted by molar-refractivity contribution is -0.114. The second-order valence-corrected chi connectivity index (χ2v) is 10.2. The summed E-state index contributed by atoms with van der Waals surface area (Å²) in [6, 6.07) is 24.4. The van der Waals surface area contributed by atoms with Gasteiger partial charge in [-0.05, 0) is 68.7 Å². The average molecular weight is 572 g/mol. The molecule has 0 saturated carbocycles. The number of carbonyl (C=O) groups is 3. The summed E-state index contributed by atoms with van der Waals surface area (Å²) in [4.78, 5) is 46.4. The Balaban J connectivity index is 1.46. The number of pyridine rings is 1. The molecule has 5 rings (SSSR count). The van der Waals surface area contributed by atoms with Crippen molar-refractivity contribution in [3.8, 4) is 5.75 Å². The van der Waals surface area contributed by atoms with Gasteiger partial charge in [0.2, 0.25) is 0 Å². The van der Waals surface area contributed by atoms with E-state index in [4.69, 9.17) is 4.74 Å². The number of anilines is 1. The van der Waals surface area contributed by atoms with Crippen molar-refractivity contribution in [2.24, 2.45) is 0 Å². The van der Waals surface area contributed by atoms with E-state index in [9.17, 15) is 14.4 Å². The Labute approximate surface area is 250 Å². The number of fused-ring (bicyclic) bond motifs is 2. The summed E-state index contributed by atoms with van der Waals surface area (Å²) in [6.45, 7) is 4.88.